The summed E-state index contributed by atoms with van der Waals surface area (Å²) in [5.41, 5.74) is 0. The Morgan fingerprint density at radius 1 is 1.40 bits per heavy atom. The molecule has 5 nitrogen and oxygen atoms in total. The second-order valence-corrected chi connectivity index (χ2v) is 4.82. The maximum absolute atomic E-state index is 9.37. The van der Waals surface area contributed by atoms with Crippen LogP contribution in [-0.4, -0.2) is 70.3 Å². The zero-order valence-electron chi connectivity index (χ0n) is 5.03. The van der Waals surface area contributed by atoms with Gasteiger partial charge in [0.15, 0.2) is 0 Å². The van der Waals surface area contributed by atoms with Crippen molar-refractivity contribution in [1.82, 2.24) is 0 Å². The van der Waals surface area contributed by atoms with Gasteiger partial charge < -0.3 is 9.26 Å². The topological polar surface area (TPSA) is 91.7 Å². The normalized spacial score (nSPS) is 8.70. The third-order valence-electron chi connectivity index (χ3n) is 0.221. The molecule has 0 rings (SSSR count). The van der Waals surface area contributed by atoms with Crippen molar-refractivity contribution in [3.63, 3.8) is 0 Å². The number of hydrogen-bond acceptors (Lipinski definition) is 3. The molecule has 0 aromatic carbocycles. The maximum atomic E-state index is 9.37. The van der Waals surface area contributed by atoms with Gasteiger partial charge in [0.2, 0.25) is 0 Å². The van der Waals surface area contributed by atoms with Gasteiger partial charge in [-0.25, -0.2) is 0 Å². The quantitative estimate of drug-likeness (QED) is 0.324. The SMILES string of the molecule is O=[Si](O)S(=O)(=O)O.[LiH].[Li][SiH3]. The zero-order valence-corrected chi connectivity index (χ0v) is 8.84. The van der Waals surface area contributed by atoms with Gasteiger partial charge in [-0.2, -0.15) is 8.42 Å². The van der Waals surface area contributed by atoms with E-state index < -0.39 is 17.6 Å². The number of hydrogen-bond donors (Lipinski definition) is 2. The van der Waals surface area contributed by atoms with E-state index in [4.69, 9.17) is 9.35 Å². The van der Waals surface area contributed by atoms with E-state index in [-0.39, 0.29) is 18.9 Å². The van der Waals surface area contributed by atoms with Gasteiger partial charge in [0.25, 0.3) is 0 Å². The van der Waals surface area contributed by atoms with Crippen LogP contribution in [0.2, 0.25) is 0 Å². The van der Waals surface area contributed by atoms with Crippen LogP contribution in [-0.2, 0) is 14.0 Å². The van der Waals surface area contributed by atoms with Crippen LogP contribution in [0.4, 0.5) is 0 Å². The van der Waals surface area contributed by atoms with Crippen molar-refractivity contribution in [1.29, 1.82) is 0 Å². The van der Waals surface area contributed by atoms with Gasteiger partial charge in [-0.1, -0.05) is 0 Å². The summed E-state index contributed by atoms with van der Waals surface area (Å²) in [7, 11) is -7.11. The molecular formula is H6Li2O5SSi2. The van der Waals surface area contributed by atoms with E-state index in [1.54, 1.807) is 0 Å². The molecule has 10 heavy (non-hydrogen) atoms. The summed E-state index contributed by atoms with van der Waals surface area (Å²) in [5.74, 6) is 0. The third kappa shape index (κ3) is 11.9. The Morgan fingerprint density at radius 3 is 1.50 bits per heavy atom. The van der Waals surface area contributed by atoms with Crippen LogP contribution in [0.3, 0.4) is 0 Å². The van der Waals surface area contributed by atoms with Crippen LogP contribution in [0.5, 0.6) is 0 Å². The summed E-state index contributed by atoms with van der Waals surface area (Å²) >= 11 is 2.14. The first-order valence-corrected chi connectivity index (χ1v) is 7.67. The van der Waals surface area contributed by atoms with Crippen LogP contribution >= 0.6 is 0 Å². The fourth-order valence-electron chi connectivity index (χ4n) is 0. The van der Waals surface area contributed by atoms with E-state index in [9.17, 15) is 12.9 Å². The summed E-state index contributed by atoms with van der Waals surface area (Å²) < 4.78 is 35.7. The average Bonchev–Trinajstić information content (AvgIpc) is 1.69. The Kier molecular flexibility index (Phi) is 14.2. The Hall–Kier alpha value is 1.14. The van der Waals surface area contributed by atoms with Crippen molar-refractivity contribution < 1.29 is 22.2 Å². The minimum atomic E-state index is -4.64. The van der Waals surface area contributed by atoms with Crippen LogP contribution in [0.1, 0.15) is 0 Å². The van der Waals surface area contributed by atoms with Gasteiger partial charge in [0, 0.05) is 0 Å². The molecule has 0 heterocycles. The predicted molar refractivity (Wildman–Crippen MR) is 43.0 cm³/mol. The molecule has 0 saturated carbocycles. The molecule has 0 atom stereocenters. The molecule has 0 radical (unpaired) electrons. The van der Waals surface area contributed by atoms with E-state index in [2.05, 4.69) is 17.0 Å². The average molecular weight is 188 g/mol. The third-order valence-corrected chi connectivity index (χ3v) is 1.99. The minimum absolute atomic E-state index is 0. The van der Waals surface area contributed by atoms with Gasteiger partial charge in [0.05, 0.1) is 0 Å². The van der Waals surface area contributed by atoms with Crippen molar-refractivity contribution >= 4 is 62.1 Å². The zero-order chi connectivity index (χ0) is 8.08. The predicted octanol–water partition coefficient (Wildman–Crippen LogP) is -3.93. The molecule has 0 amide bonds. The van der Waals surface area contributed by atoms with Gasteiger partial charge in [-0.05, 0) is 0 Å². The first-order valence-electron chi connectivity index (χ1n) is 2.15. The van der Waals surface area contributed by atoms with Crippen molar-refractivity contribution in [2.24, 2.45) is 0 Å². The molecule has 0 saturated heterocycles. The first kappa shape index (κ1) is 17.3. The summed E-state index contributed by atoms with van der Waals surface area (Å²) in [6.07, 6.45) is 0. The van der Waals surface area contributed by atoms with Crippen molar-refractivity contribution in [2.45, 2.75) is 0 Å². The molecule has 0 spiro atoms. The van der Waals surface area contributed by atoms with Crippen LogP contribution in [0.15, 0.2) is 0 Å². The summed E-state index contributed by atoms with van der Waals surface area (Å²) in [6.45, 7) is 0. The van der Waals surface area contributed by atoms with Gasteiger partial charge in [0.1, 0.15) is 0 Å². The summed E-state index contributed by atoms with van der Waals surface area (Å²) in [4.78, 5) is 7.60. The van der Waals surface area contributed by atoms with E-state index >= 15 is 0 Å². The molecule has 2 N–H and O–H groups in total. The van der Waals surface area contributed by atoms with Crippen molar-refractivity contribution in [3.05, 3.63) is 0 Å². The molecule has 0 aromatic heterocycles. The molecule has 0 aliphatic heterocycles. The molecule has 0 bridgehead atoms. The molecule has 0 fully saturated rings. The monoisotopic (exact) mass is 188 g/mol. The van der Waals surface area contributed by atoms with Crippen molar-refractivity contribution in [2.75, 3.05) is 0 Å². The molecule has 0 aliphatic carbocycles. The van der Waals surface area contributed by atoms with Crippen LogP contribution in [0, 0.1) is 0 Å². The fraction of sp³-hybridized carbons (Fsp3) is 0. The van der Waals surface area contributed by atoms with Crippen LogP contribution in [0.25, 0.3) is 0 Å². The van der Waals surface area contributed by atoms with Gasteiger partial charge >= 0.3 is 62.1 Å². The first-order chi connectivity index (χ1) is 3.94. The molecular weight excluding hydrogens is 182 g/mol. The van der Waals surface area contributed by atoms with E-state index in [0.717, 1.165) is 0 Å². The molecule has 52 valence electrons. The van der Waals surface area contributed by atoms with Crippen molar-refractivity contribution in [3.8, 4) is 0 Å². The second kappa shape index (κ2) is 8.24. The molecule has 10 heteroatoms. The second-order valence-electron chi connectivity index (χ2n) is 0.741. The standard InChI is InChI=1S/2Li.H2O5SSi.H3Si.H/c;;1-6(2,3)7(4)5;;/h;;4H,(H,1,2,3);1H3;. The van der Waals surface area contributed by atoms with E-state index in [1.165, 1.54) is 8.57 Å². The Bertz CT molecular complexity index is 172. The Balaban J connectivity index is -0.000000149. The summed E-state index contributed by atoms with van der Waals surface area (Å²) in [6, 6.07) is 0. The molecule has 0 unspecified atom stereocenters. The Labute approximate surface area is 83.9 Å². The Morgan fingerprint density at radius 2 is 1.50 bits per heavy atom. The molecule has 0 aromatic rings. The number of rotatable bonds is 1. The summed E-state index contributed by atoms with van der Waals surface area (Å²) in [5, 5.41) is 0. The fourth-order valence-corrected chi connectivity index (χ4v) is 0. The molecule has 0 aliphatic rings. The van der Waals surface area contributed by atoms with Crippen LogP contribution < -0.4 is 0 Å². The van der Waals surface area contributed by atoms with E-state index in [1.807, 2.05) is 0 Å². The van der Waals surface area contributed by atoms with Gasteiger partial charge in [-0.3, -0.25) is 4.55 Å². The van der Waals surface area contributed by atoms with E-state index in [0.29, 0.717) is 0 Å². The van der Waals surface area contributed by atoms with Gasteiger partial charge in [-0.15, -0.1) is 0 Å².